The highest BCUT2D eigenvalue weighted by molar-refractivity contribution is 5.86. The molecule has 82 valence electrons. The number of imidazole rings is 1. The quantitative estimate of drug-likeness (QED) is 0.774. The van der Waals surface area contributed by atoms with E-state index in [2.05, 4.69) is 9.88 Å². The van der Waals surface area contributed by atoms with Crippen molar-refractivity contribution in [2.24, 2.45) is 0 Å². The lowest BCUT2D eigenvalue weighted by Gasteiger charge is -2.25. The fraction of sp³-hybridized carbons (Fsp3) is 0.600. The van der Waals surface area contributed by atoms with Gasteiger partial charge in [0, 0.05) is 26.1 Å². The second-order valence-corrected chi connectivity index (χ2v) is 3.87. The van der Waals surface area contributed by atoms with Crippen LogP contribution in [0.4, 0.5) is 0 Å². The third-order valence-corrected chi connectivity index (χ3v) is 2.80. The molecule has 0 amide bonds. The maximum Gasteiger partial charge on any atom is 0.356 e. The highest BCUT2D eigenvalue weighted by Gasteiger charge is 2.24. The van der Waals surface area contributed by atoms with E-state index >= 15 is 0 Å². The number of nitrogens with zero attached hydrogens (tertiary/aromatic N) is 3. The number of aryl methyl sites for hydroxylation is 1. The average molecular weight is 209 g/mol. The molecule has 5 nitrogen and oxygen atoms in total. The van der Waals surface area contributed by atoms with E-state index in [-0.39, 0.29) is 5.69 Å². The largest absolute Gasteiger partial charge is 0.476 e. The predicted octanol–water partition coefficient (Wildman–Crippen LogP) is 0.589. The molecule has 0 saturated carbocycles. The van der Waals surface area contributed by atoms with Gasteiger partial charge < -0.3 is 9.67 Å². The fourth-order valence-corrected chi connectivity index (χ4v) is 2.01. The van der Waals surface area contributed by atoms with Crippen molar-refractivity contribution in [1.82, 2.24) is 14.5 Å². The van der Waals surface area contributed by atoms with Crippen LogP contribution in [-0.2, 0) is 19.5 Å². The number of carboxylic acid groups (broad SMARTS) is 1. The molecule has 0 unspecified atom stereocenters. The number of aromatic nitrogens is 2. The van der Waals surface area contributed by atoms with Crippen molar-refractivity contribution < 1.29 is 9.90 Å². The molecule has 0 radical (unpaired) electrons. The first kappa shape index (κ1) is 10.2. The van der Waals surface area contributed by atoms with Gasteiger partial charge in [-0.05, 0) is 7.05 Å². The highest BCUT2D eigenvalue weighted by Crippen LogP contribution is 2.18. The lowest BCUT2D eigenvalue weighted by Crippen LogP contribution is -2.31. The Bertz CT molecular complexity index is 398. The van der Waals surface area contributed by atoms with E-state index in [9.17, 15) is 4.79 Å². The Balaban J connectivity index is 2.50. The van der Waals surface area contributed by atoms with Crippen LogP contribution in [0.5, 0.6) is 0 Å². The van der Waals surface area contributed by atoms with Crippen molar-refractivity contribution in [2.75, 3.05) is 13.6 Å². The zero-order valence-corrected chi connectivity index (χ0v) is 9.03. The van der Waals surface area contributed by atoms with E-state index in [1.807, 2.05) is 18.5 Å². The average Bonchev–Trinajstić information content (AvgIpc) is 2.55. The number of hydrogen-bond acceptors (Lipinski definition) is 3. The topological polar surface area (TPSA) is 58.4 Å². The van der Waals surface area contributed by atoms with Crippen molar-refractivity contribution in [1.29, 1.82) is 0 Å². The predicted molar refractivity (Wildman–Crippen MR) is 54.9 cm³/mol. The van der Waals surface area contributed by atoms with Gasteiger partial charge in [0.1, 0.15) is 5.82 Å². The molecule has 1 aliphatic rings. The van der Waals surface area contributed by atoms with E-state index in [0.717, 1.165) is 31.0 Å². The van der Waals surface area contributed by atoms with Crippen LogP contribution in [0.3, 0.4) is 0 Å². The number of aromatic carboxylic acids is 1. The summed E-state index contributed by atoms with van der Waals surface area (Å²) in [4.78, 5) is 17.3. The summed E-state index contributed by atoms with van der Waals surface area (Å²) in [6.45, 7) is 4.47. The molecule has 1 aliphatic heterocycles. The summed E-state index contributed by atoms with van der Waals surface area (Å²) in [5, 5.41) is 9.04. The number of carboxylic acids is 1. The van der Waals surface area contributed by atoms with E-state index in [0.29, 0.717) is 6.54 Å². The first-order chi connectivity index (χ1) is 7.13. The third-order valence-electron chi connectivity index (χ3n) is 2.80. The van der Waals surface area contributed by atoms with Gasteiger partial charge in [-0.3, -0.25) is 4.90 Å². The van der Waals surface area contributed by atoms with Gasteiger partial charge in [0.25, 0.3) is 0 Å². The van der Waals surface area contributed by atoms with Crippen LogP contribution in [0.15, 0.2) is 0 Å². The molecule has 2 heterocycles. The summed E-state index contributed by atoms with van der Waals surface area (Å²) >= 11 is 0. The first-order valence-corrected chi connectivity index (χ1v) is 5.13. The summed E-state index contributed by atoms with van der Waals surface area (Å²) in [6.07, 6.45) is 0.782. The van der Waals surface area contributed by atoms with E-state index in [4.69, 9.17) is 5.11 Å². The van der Waals surface area contributed by atoms with Crippen LogP contribution in [0.25, 0.3) is 0 Å². The second kappa shape index (κ2) is 3.66. The van der Waals surface area contributed by atoms with Gasteiger partial charge >= 0.3 is 5.97 Å². The summed E-state index contributed by atoms with van der Waals surface area (Å²) in [5.74, 6) is -0.0377. The minimum atomic E-state index is -0.922. The lowest BCUT2D eigenvalue weighted by atomic mass is 10.2. The Morgan fingerprint density at radius 3 is 2.87 bits per heavy atom. The molecule has 0 spiro atoms. The van der Waals surface area contributed by atoms with Crippen molar-refractivity contribution in [3.8, 4) is 0 Å². The third kappa shape index (κ3) is 1.63. The molecule has 0 fully saturated rings. The molecule has 0 saturated heterocycles. The molecule has 2 rings (SSSR count). The van der Waals surface area contributed by atoms with Crippen LogP contribution in [-0.4, -0.2) is 39.1 Å². The molecule has 1 aromatic rings. The molecule has 15 heavy (non-hydrogen) atoms. The standard InChI is InChI=1S/C10H15N3O2/c1-3-8-11-9(10(14)15)7-6-12(2)4-5-13(7)8/h3-6H2,1-2H3,(H,14,15). The monoisotopic (exact) mass is 209 g/mol. The summed E-state index contributed by atoms with van der Waals surface area (Å²) in [7, 11) is 1.99. The Morgan fingerprint density at radius 1 is 1.53 bits per heavy atom. The molecular formula is C10H15N3O2. The van der Waals surface area contributed by atoms with Crippen molar-refractivity contribution >= 4 is 5.97 Å². The van der Waals surface area contributed by atoms with Gasteiger partial charge in [0.2, 0.25) is 0 Å². The SMILES string of the molecule is CCc1nc(C(=O)O)c2n1CCN(C)C2. The van der Waals surface area contributed by atoms with Crippen LogP contribution >= 0.6 is 0 Å². The van der Waals surface area contributed by atoms with Crippen LogP contribution in [0, 0.1) is 0 Å². The van der Waals surface area contributed by atoms with E-state index in [1.54, 1.807) is 0 Å². The second-order valence-electron chi connectivity index (χ2n) is 3.87. The molecule has 1 aromatic heterocycles. The summed E-state index contributed by atoms with van der Waals surface area (Å²) < 4.78 is 2.05. The van der Waals surface area contributed by atoms with Crippen LogP contribution in [0.2, 0.25) is 0 Å². The molecule has 0 atom stereocenters. The van der Waals surface area contributed by atoms with Crippen molar-refractivity contribution in [2.45, 2.75) is 26.4 Å². The zero-order chi connectivity index (χ0) is 11.0. The van der Waals surface area contributed by atoms with Gasteiger partial charge in [0.15, 0.2) is 5.69 Å². The molecule has 0 aromatic carbocycles. The minimum absolute atomic E-state index is 0.221. The highest BCUT2D eigenvalue weighted by atomic mass is 16.4. The number of fused-ring (bicyclic) bond motifs is 1. The Kier molecular flexibility index (Phi) is 2.48. The van der Waals surface area contributed by atoms with Crippen LogP contribution < -0.4 is 0 Å². The maximum atomic E-state index is 11.0. The molecule has 0 bridgehead atoms. The molecule has 1 N–H and O–H groups in total. The Labute approximate surface area is 88.3 Å². The first-order valence-electron chi connectivity index (χ1n) is 5.13. The fourth-order valence-electron chi connectivity index (χ4n) is 2.01. The van der Waals surface area contributed by atoms with Gasteiger partial charge in [-0.1, -0.05) is 6.92 Å². The maximum absolute atomic E-state index is 11.0. The van der Waals surface area contributed by atoms with Crippen molar-refractivity contribution in [3.63, 3.8) is 0 Å². The normalized spacial score (nSPS) is 16.4. The number of rotatable bonds is 2. The van der Waals surface area contributed by atoms with Crippen molar-refractivity contribution in [3.05, 3.63) is 17.2 Å². The van der Waals surface area contributed by atoms with Gasteiger partial charge in [-0.15, -0.1) is 0 Å². The number of hydrogen-bond donors (Lipinski definition) is 1. The van der Waals surface area contributed by atoms with Gasteiger partial charge in [-0.2, -0.15) is 0 Å². The van der Waals surface area contributed by atoms with Crippen LogP contribution in [0.1, 0.15) is 28.9 Å². The van der Waals surface area contributed by atoms with Gasteiger partial charge in [0.05, 0.1) is 5.69 Å². The number of carbonyl (C=O) groups is 1. The molecule has 5 heteroatoms. The minimum Gasteiger partial charge on any atom is -0.476 e. The van der Waals surface area contributed by atoms with E-state index < -0.39 is 5.97 Å². The lowest BCUT2D eigenvalue weighted by molar-refractivity contribution is 0.0687. The zero-order valence-electron chi connectivity index (χ0n) is 9.03. The van der Waals surface area contributed by atoms with Gasteiger partial charge in [-0.25, -0.2) is 9.78 Å². The summed E-state index contributed by atoms with van der Waals surface area (Å²) in [6, 6.07) is 0. The van der Waals surface area contributed by atoms with E-state index in [1.165, 1.54) is 0 Å². The smallest absolute Gasteiger partial charge is 0.356 e. The number of likely N-dealkylation sites (N-methyl/N-ethyl adjacent to an activating group) is 1. The molecular weight excluding hydrogens is 194 g/mol. The Morgan fingerprint density at radius 2 is 2.27 bits per heavy atom. The summed E-state index contributed by atoms with van der Waals surface area (Å²) in [5.41, 5.74) is 1.06. The Hall–Kier alpha value is -1.36. The molecule has 0 aliphatic carbocycles.